The molecule has 2 N–H and O–H groups in total. The molecule has 0 heterocycles. The highest BCUT2D eigenvalue weighted by atomic mass is 16.7. The fourth-order valence-corrected chi connectivity index (χ4v) is 3.72. The van der Waals surface area contributed by atoms with Gasteiger partial charge in [0.25, 0.3) is 0 Å². The summed E-state index contributed by atoms with van der Waals surface area (Å²) in [5, 5.41) is 19.4. The fraction of sp³-hybridized carbons (Fsp3) is 0.625. The molecule has 4 heteroatoms. The number of aryl methyl sites for hydroxylation is 2. The number of carboxylic acid groups (broad SMARTS) is 1. The number of allylic oxidation sites excluding steroid dienone is 1. The maximum Gasteiger partial charge on any atom is 0.506 e. The molecule has 0 bridgehead atoms. The van der Waals surface area contributed by atoms with Crippen LogP contribution in [0.25, 0.3) is 0 Å². The number of hydrogen-bond acceptors (Lipinski definition) is 3. The van der Waals surface area contributed by atoms with E-state index in [1.54, 1.807) is 0 Å². The van der Waals surface area contributed by atoms with Crippen molar-refractivity contribution in [3.8, 4) is 0 Å². The molecule has 0 amide bonds. The van der Waals surface area contributed by atoms with Gasteiger partial charge in [-0.25, -0.2) is 4.79 Å². The van der Waals surface area contributed by atoms with Crippen LogP contribution < -0.4 is 0 Å². The molecule has 1 aromatic rings. The Kier molecular flexibility index (Phi) is 9.22. The molecule has 158 valence electrons. The Labute approximate surface area is 170 Å². The van der Waals surface area contributed by atoms with Crippen LogP contribution in [0.1, 0.15) is 77.0 Å². The third-order valence-electron chi connectivity index (χ3n) is 5.69. The first-order valence-electron chi connectivity index (χ1n) is 10.3. The zero-order valence-electron chi connectivity index (χ0n) is 18.5. The molecule has 0 fully saturated rings. The Morgan fingerprint density at radius 2 is 1.93 bits per heavy atom. The van der Waals surface area contributed by atoms with E-state index >= 15 is 0 Å². The van der Waals surface area contributed by atoms with Gasteiger partial charge in [0.1, 0.15) is 6.10 Å². The van der Waals surface area contributed by atoms with Crippen LogP contribution in [0.4, 0.5) is 4.79 Å². The van der Waals surface area contributed by atoms with E-state index in [9.17, 15) is 9.90 Å². The van der Waals surface area contributed by atoms with Crippen LogP contribution in [0.3, 0.4) is 0 Å². The molecule has 0 aliphatic heterocycles. The Hall–Kier alpha value is -1.81. The molecule has 4 atom stereocenters. The molecule has 1 aromatic carbocycles. The van der Waals surface area contributed by atoms with Gasteiger partial charge in [-0.15, -0.1) is 0 Å². The van der Waals surface area contributed by atoms with E-state index in [0.717, 1.165) is 19.3 Å². The largest absolute Gasteiger partial charge is 0.506 e. The average Bonchev–Trinajstić information content (AvgIpc) is 2.59. The highest BCUT2D eigenvalue weighted by Gasteiger charge is 2.27. The Morgan fingerprint density at radius 1 is 1.29 bits per heavy atom. The van der Waals surface area contributed by atoms with Gasteiger partial charge in [-0.3, -0.25) is 0 Å². The van der Waals surface area contributed by atoms with Crippen molar-refractivity contribution in [2.45, 2.75) is 85.9 Å². The van der Waals surface area contributed by atoms with E-state index in [1.807, 2.05) is 26.0 Å². The summed E-state index contributed by atoms with van der Waals surface area (Å²) in [6, 6.07) is 6.50. The number of aliphatic hydroxyl groups is 1. The molecule has 0 aromatic heterocycles. The van der Waals surface area contributed by atoms with E-state index < -0.39 is 12.3 Å². The Balaban J connectivity index is 2.98. The van der Waals surface area contributed by atoms with Gasteiger partial charge in [0.05, 0.1) is 6.10 Å². The number of rotatable bonds is 9. The Morgan fingerprint density at radius 3 is 2.39 bits per heavy atom. The average molecular weight is 391 g/mol. The number of hydrogen-bond donors (Lipinski definition) is 2. The number of ether oxygens (including phenoxy) is 1. The molecule has 0 saturated carbocycles. The molecule has 0 aliphatic carbocycles. The maximum atomic E-state index is 11.1. The smallest absolute Gasteiger partial charge is 0.450 e. The summed E-state index contributed by atoms with van der Waals surface area (Å²) in [5.41, 5.74) is 3.56. The first-order valence-corrected chi connectivity index (χ1v) is 10.3. The number of aliphatic hydroxyl groups excluding tert-OH is 1. The second-order valence-corrected chi connectivity index (χ2v) is 8.85. The second kappa shape index (κ2) is 10.7. The van der Waals surface area contributed by atoms with Gasteiger partial charge in [0, 0.05) is 5.92 Å². The van der Waals surface area contributed by atoms with Crippen LogP contribution >= 0.6 is 0 Å². The molecule has 4 nitrogen and oxygen atoms in total. The molecule has 0 aliphatic rings. The summed E-state index contributed by atoms with van der Waals surface area (Å²) < 4.78 is 5.11. The lowest BCUT2D eigenvalue weighted by Gasteiger charge is -2.29. The lowest BCUT2D eigenvalue weighted by molar-refractivity contribution is 0.0436. The maximum absolute atomic E-state index is 11.1. The number of carbonyl (C=O) groups is 1. The zero-order chi connectivity index (χ0) is 21.5. The first kappa shape index (κ1) is 24.2. The zero-order valence-corrected chi connectivity index (χ0v) is 18.5. The van der Waals surface area contributed by atoms with Crippen molar-refractivity contribution in [2.75, 3.05) is 0 Å². The third-order valence-corrected chi connectivity index (χ3v) is 5.69. The van der Waals surface area contributed by atoms with Crippen LogP contribution in [0.5, 0.6) is 0 Å². The van der Waals surface area contributed by atoms with Gasteiger partial charge in [0.2, 0.25) is 0 Å². The van der Waals surface area contributed by atoms with Crippen molar-refractivity contribution in [1.29, 1.82) is 0 Å². The molecule has 0 saturated heterocycles. The molecule has 0 radical (unpaired) electrons. The van der Waals surface area contributed by atoms with Gasteiger partial charge < -0.3 is 14.9 Å². The second-order valence-electron chi connectivity index (χ2n) is 8.85. The summed E-state index contributed by atoms with van der Waals surface area (Å²) in [4.78, 5) is 11.1. The monoisotopic (exact) mass is 390 g/mol. The summed E-state index contributed by atoms with van der Waals surface area (Å²) in [7, 11) is 0. The van der Waals surface area contributed by atoms with Crippen molar-refractivity contribution < 1.29 is 19.7 Å². The minimum absolute atomic E-state index is 0.0327. The van der Waals surface area contributed by atoms with Crippen LogP contribution in [0.2, 0.25) is 0 Å². The molecular formula is C24H38O4. The minimum Gasteiger partial charge on any atom is -0.450 e. The van der Waals surface area contributed by atoms with Crippen LogP contribution in [0.15, 0.2) is 30.4 Å². The standard InChI is InChI=1S/C24H38O4/c1-8-10-21(28-23(26)27)17(4)20(9-2)19-12-11-18(16(3)15-19)13-14-22(25)24(5,6)7/h8,10-12,15,17,20-22,25H,9,13-14H2,1-7H3,(H,26,27)/b10-8+/t17-,20+,21?,22?/m1/s1. The molecule has 0 spiro atoms. The van der Waals surface area contributed by atoms with Crippen molar-refractivity contribution >= 4 is 6.16 Å². The highest BCUT2D eigenvalue weighted by molar-refractivity contribution is 5.57. The topological polar surface area (TPSA) is 66.8 Å². The fourth-order valence-electron chi connectivity index (χ4n) is 3.72. The quantitative estimate of drug-likeness (QED) is 0.395. The number of benzene rings is 1. The lowest BCUT2D eigenvalue weighted by Crippen LogP contribution is -2.27. The minimum atomic E-state index is -1.24. The third kappa shape index (κ3) is 6.97. The van der Waals surface area contributed by atoms with E-state index in [2.05, 4.69) is 52.8 Å². The van der Waals surface area contributed by atoms with Gasteiger partial charge in [-0.2, -0.15) is 0 Å². The van der Waals surface area contributed by atoms with Crippen LogP contribution in [0, 0.1) is 18.3 Å². The molecule has 2 unspecified atom stereocenters. The summed E-state index contributed by atoms with van der Waals surface area (Å²) in [6.07, 6.45) is 4.11. The van der Waals surface area contributed by atoms with Gasteiger partial charge in [-0.1, -0.05) is 58.9 Å². The Bertz CT molecular complexity index is 657. The van der Waals surface area contributed by atoms with Gasteiger partial charge >= 0.3 is 6.16 Å². The van der Waals surface area contributed by atoms with Crippen LogP contribution in [-0.4, -0.2) is 28.6 Å². The summed E-state index contributed by atoms with van der Waals surface area (Å²) >= 11 is 0. The predicted molar refractivity (Wildman–Crippen MR) is 115 cm³/mol. The normalized spacial score (nSPS) is 16.6. The van der Waals surface area contributed by atoms with Crippen molar-refractivity contribution in [3.63, 3.8) is 0 Å². The van der Waals surface area contributed by atoms with Crippen molar-refractivity contribution in [2.24, 2.45) is 11.3 Å². The SMILES string of the molecule is C/C=C/C(OC(=O)O)[C@H](C)[C@H](CC)c1ccc(CCC(O)C(C)(C)C)c(C)c1. The van der Waals surface area contributed by atoms with E-state index in [-0.39, 0.29) is 23.4 Å². The van der Waals surface area contributed by atoms with Gasteiger partial charge in [0.15, 0.2) is 0 Å². The van der Waals surface area contributed by atoms with Crippen LogP contribution in [-0.2, 0) is 11.2 Å². The molecule has 28 heavy (non-hydrogen) atoms. The van der Waals surface area contributed by atoms with E-state index in [4.69, 9.17) is 9.84 Å². The highest BCUT2D eigenvalue weighted by Crippen LogP contribution is 2.33. The summed E-state index contributed by atoms with van der Waals surface area (Å²) in [6.45, 7) is 14.3. The van der Waals surface area contributed by atoms with Gasteiger partial charge in [-0.05, 0) is 67.2 Å². The van der Waals surface area contributed by atoms with Crippen molar-refractivity contribution in [1.82, 2.24) is 0 Å². The van der Waals surface area contributed by atoms with E-state index in [0.29, 0.717) is 0 Å². The predicted octanol–water partition coefficient (Wildman–Crippen LogP) is 6.10. The lowest BCUT2D eigenvalue weighted by atomic mass is 9.80. The van der Waals surface area contributed by atoms with E-state index in [1.165, 1.54) is 16.7 Å². The molecule has 1 rings (SSSR count). The molecular weight excluding hydrogens is 352 g/mol. The summed E-state index contributed by atoms with van der Waals surface area (Å²) in [5.74, 6) is 0.235. The first-order chi connectivity index (χ1) is 13.0. The van der Waals surface area contributed by atoms with Crippen molar-refractivity contribution in [3.05, 3.63) is 47.0 Å².